The zero-order valence-corrected chi connectivity index (χ0v) is 19.4. The first-order valence-electron chi connectivity index (χ1n) is 10.7. The molecule has 176 valence electrons. The number of hydrogen-bond acceptors (Lipinski definition) is 6. The minimum absolute atomic E-state index is 0.169. The van der Waals surface area contributed by atoms with Gasteiger partial charge in [-0.2, -0.15) is 5.10 Å². The number of nitrogens with zero attached hydrogens (tertiary/aromatic N) is 2. The van der Waals surface area contributed by atoms with Gasteiger partial charge in [-0.3, -0.25) is 14.4 Å². The number of carbonyl (C=O) groups excluding carboxylic acids is 3. The van der Waals surface area contributed by atoms with Crippen molar-refractivity contribution >= 4 is 23.5 Å². The number of benzene rings is 2. The highest BCUT2D eigenvalue weighted by Gasteiger charge is 2.21. The van der Waals surface area contributed by atoms with E-state index in [0.29, 0.717) is 11.3 Å². The highest BCUT2D eigenvalue weighted by atomic mass is 16.5. The normalized spacial score (nSPS) is 11.4. The average Bonchev–Trinajstić information content (AvgIpc) is 2.82. The van der Waals surface area contributed by atoms with Gasteiger partial charge in [0.2, 0.25) is 0 Å². The van der Waals surface area contributed by atoms with Crippen molar-refractivity contribution in [1.29, 1.82) is 0 Å². The molecule has 1 heterocycles. The first-order chi connectivity index (χ1) is 16.2. The van der Waals surface area contributed by atoms with Crippen LogP contribution in [-0.4, -0.2) is 34.2 Å². The summed E-state index contributed by atoms with van der Waals surface area (Å²) in [5, 5.41) is 9.50. The first-order valence-corrected chi connectivity index (χ1v) is 10.7. The highest BCUT2D eigenvalue weighted by molar-refractivity contribution is 6.04. The van der Waals surface area contributed by atoms with Crippen molar-refractivity contribution in [1.82, 2.24) is 15.1 Å². The van der Waals surface area contributed by atoms with Crippen molar-refractivity contribution in [3.05, 3.63) is 92.9 Å². The fourth-order valence-electron chi connectivity index (χ4n) is 3.37. The van der Waals surface area contributed by atoms with Crippen molar-refractivity contribution in [2.24, 2.45) is 7.05 Å². The van der Waals surface area contributed by atoms with Gasteiger partial charge in [-0.25, -0.2) is 9.48 Å². The molecule has 2 amide bonds. The number of para-hydroxylation sites is 1. The molecule has 0 aliphatic heterocycles. The van der Waals surface area contributed by atoms with E-state index in [1.165, 1.54) is 7.05 Å². The number of hydrogen-bond donors (Lipinski definition) is 2. The molecular formula is C25H26N4O5. The Bertz CT molecular complexity index is 1280. The molecule has 0 aliphatic carbocycles. The Labute approximate surface area is 196 Å². The van der Waals surface area contributed by atoms with Gasteiger partial charge < -0.3 is 15.4 Å². The van der Waals surface area contributed by atoms with E-state index in [0.717, 1.165) is 10.2 Å². The van der Waals surface area contributed by atoms with Gasteiger partial charge in [0.1, 0.15) is 5.56 Å². The summed E-state index contributed by atoms with van der Waals surface area (Å²) in [5.74, 6) is -1.93. The smallest absolute Gasteiger partial charge is 0.344 e. The Morgan fingerprint density at radius 2 is 1.68 bits per heavy atom. The van der Waals surface area contributed by atoms with Gasteiger partial charge in [-0.1, -0.05) is 42.5 Å². The zero-order chi connectivity index (χ0) is 24.8. The Kier molecular flexibility index (Phi) is 7.57. The van der Waals surface area contributed by atoms with Crippen molar-refractivity contribution < 1.29 is 19.1 Å². The monoisotopic (exact) mass is 462 g/mol. The van der Waals surface area contributed by atoms with Crippen LogP contribution in [0.5, 0.6) is 0 Å². The third-order valence-corrected chi connectivity index (χ3v) is 5.36. The van der Waals surface area contributed by atoms with Crippen molar-refractivity contribution in [2.45, 2.75) is 26.8 Å². The quantitative estimate of drug-likeness (QED) is 0.521. The van der Waals surface area contributed by atoms with Crippen LogP contribution < -0.4 is 16.2 Å². The number of aromatic nitrogens is 2. The van der Waals surface area contributed by atoms with Gasteiger partial charge in [-0.15, -0.1) is 0 Å². The van der Waals surface area contributed by atoms with Gasteiger partial charge in [-0.05, 0) is 44.0 Å². The van der Waals surface area contributed by atoms with Gasteiger partial charge in [0.25, 0.3) is 17.4 Å². The van der Waals surface area contributed by atoms with E-state index in [2.05, 4.69) is 15.7 Å². The van der Waals surface area contributed by atoms with Crippen LogP contribution in [-0.2, 0) is 16.6 Å². The van der Waals surface area contributed by atoms with E-state index in [1.807, 2.05) is 37.3 Å². The molecule has 2 N–H and O–H groups in total. The lowest BCUT2D eigenvalue weighted by atomic mass is 10.1. The summed E-state index contributed by atoms with van der Waals surface area (Å²) >= 11 is 0. The molecule has 1 atom stereocenters. The lowest BCUT2D eigenvalue weighted by Gasteiger charge is -2.16. The number of anilines is 1. The summed E-state index contributed by atoms with van der Waals surface area (Å²) in [5.41, 5.74) is 1.59. The summed E-state index contributed by atoms with van der Waals surface area (Å²) in [6.07, 6.45) is 0. The Balaban J connectivity index is 1.67. The third kappa shape index (κ3) is 5.55. The molecule has 34 heavy (non-hydrogen) atoms. The molecule has 1 unspecified atom stereocenters. The second-order valence-electron chi connectivity index (χ2n) is 7.79. The molecule has 3 rings (SSSR count). The molecule has 0 aliphatic rings. The van der Waals surface area contributed by atoms with Crippen LogP contribution in [0.4, 0.5) is 5.69 Å². The van der Waals surface area contributed by atoms with Gasteiger partial charge in [0.15, 0.2) is 6.61 Å². The van der Waals surface area contributed by atoms with Crippen LogP contribution in [0.1, 0.15) is 50.5 Å². The van der Waals surface area contributed by atoms with Gasteiger partial charge in [0, 0.05) is 7.05 Å². The Morgan fingerprint density at radius 1 is 1.03 bits per heavy atom. The number of nitrogens with one attached hydrogen (secondary N) is 2. The van der Waals surface area contributed by atoms with Crippen molar-refractivity contribution in [2.75, 3.05) is 11.9 Å². The van der Waals surface area contributed by atoms with Gasteiger partial charge in [0.05, 0.1) is 23.0 Å². The van der Waals surface area contributed by atoms with Crippen LogP contribution in [0, 0.1) is 13.8 Å². The number of aryl methyl sites for hydroxylation is 2. The largest absolute Gasteiger partial charge is 0.452 e. The predicted octanol–water partition coefficient (Wildman–Crippen LogP) is 2.68. The highest BCUT2D eigenvalue weighted by Crippen LogP contribution is 2.18. The lowest BCUT2D eigenvalue weighted by molar-refractivity contribution is -0.119. The van der Waals surface area contributed by atoms with E-state index in [-0.39, 0.29) is 28.8 Å². The lowest BCUT2D eigenvalue weighted by Crippen LogP contribution is -2.31. The Hall–Kier alpha value is -4.27. The summed E-state index contributed by atoms with van der Waals surface area (Å²) in [4.78, 5) is 50.0. The number of rotatable bonds is 7. The van der Waals surface area contributed by atoms with E-state index < -0.39 is 24.0 Å². The maximum Gasteiger partial charge on any atom is 0.344 e. The maximum absolute atomic E-state index is 12.8. The van der Waals surface area contributed by atoms with Crippen LogP contribution in [0.15, 0.2) is 59.4 Å². The van der Waals surface area contributed by atoms with Crippen LogP contribution >= 0.6 is 0 Å². The fourth-order valence-corrected chi connectivity index (χ4v) is 3.37. The van der Waals surface area contributed by atoms with E-state index in [4.69, 9.17) is 4.74 Å². The molecule has 1 aromatic heterocycles. The molecule has 9 heteroatoms. The molecule has 2 aromatic carbocycles. The average molecular weight is 463 g/mol. The minimum Gasteiger partial charge on any atom is -0.452 e. The van der Waals surface area contributed by atoms with E-state index >= 15 is 0 Å². The summed E-state index contributed by atoms with van der Waals surface area (Å²) in [7, 11) is 1.43. The second-order valence-corrected chi connectivity index (χ2v) is 7.79. The topological polar surface area (TPSA) is 119 Å². The van der Waals surface area contributed by atoms with Crippen molar-refractivity contribution in [3.63, 3.8) is 0 Å². The SMILES string of the molecule is Cc1nn(C)c(=O)c(C(=O)OCC(=O)Nc2ccccc2C(=O)NC(C)c2ccccc2)c1C. The van der Waals surface area contributed by atoms with Crippen LogP contribution in [0.3, 0.4) is 0 Å². The van der Waals surface area contributed by atoms with E-state index in [1.54, 1.807) is 38.1 Å². The molecule has 0 spiro atoms. The molecule has 3 aromatic rings. The molecule has 0 radical (unpaired) electrons. The summed E-state index contributed by atoms with van der Waals surface area (Å²) in [6, 6.07) is 15.8. The first kappa shape index (κ1) is 24.4. The minimum atomic E-state index is -0.915. The van der Waals surface area contributed by atoms with Gasteiger partial charge >= 0.3 is 5.97 Å². The molecule has 9 nitrogen and oxygen atoms in total. The molecule has 0 saturated carbocycles. The molecule has 0 saturated heterocycles. The van der Waals surface area contributed by atoms with Crippen LogP contribution in [0.2, 0.25) is 0 Å². The standard InChI is InChI=1S/C25H26N4O5/c1-15-16(2)28-29(4)24(32)22(15)25(33)34-14-21(30)27-20-13-9-8-12-19(20)23(31)26-17(3)18-10-6-5-7-11-18/h5-13,17H,14H2,1-4H3,(H,26,31)(H,27,30). The third-order valence-electron chi connectivity index (χ3n) is 5.36. The molecule has 0 fully saturated rings. The zero-order valence-electron chi connectivity index (χ0n) is 19.4. The predicted molar refractivity (Wildman–Crippen MR) is 127 cm³/mol. The fraction of sp³-hybridized carbons (Fsp3) is 0.240. The molecule has 0 bridgehead atoms. The summed E-state index contributed by atoms with van der Waals surface area (Å²) in [6.45, 7) is 4.49. The molecular weight excluding hydrogens is 436 g/mol. The summed E-state index contributed by atoms with van der Waals surface area (Å²) < 4.78 is 6.11. The van der Waals surface area contributed by atoms with Crippen molar-refractivity contribution in [3.8, 4) is 0 Å². The second kappa shape index (κ2) is 10.6. The Morgan fingerprint density at radius 3 is 2.38 bits per heavy atom. The maximum atomic E-state index is 12.8. The number of ether oxygens (including phenoxy) is 1. The van der Waals surface area contributed by atoms with E-state index in [9.17, 15) is 19.2 Å². The number of amides is 2. The number of carbonyl (C=O) groups is 3. The van der Waals surface area contributed by atoms with Crippen LogP contribution in [0.25, 0.3) is 0 Å². The number of esters is 1.